The first-order chi connectivity index (χ1) is 9.51. The van der Waals surface area contributed by atoms with Gasteiger partial charge in [-0.05, 0) is 51.6 Å². The summed E-state index contributed by atoms with van der Waals surface area (Å²) in [5.74, 6) is 6.73. The maximum absolute atomic E-state index is 5.84. The molecule has 0 aromatic heterocycles. The van der Waals surface area contributed by atoms with Gasteiger partial charge in [0, 0.05) is 5.54 Å². The van der Waals surface area contributed by atoms with Crippen molar-refractivity contribution in [3.63, 3.8) is 0 Å². The Balaban J connectivity index is 3.08. The Morgan fingerprint density at radius 1 is 1.25 bits per heavy atom. The average Bonchev–Trinajstić information content (AvgIpc) is 2.41. The van der Waals surface area contributed by atoms with Crippen LogP contribution < -0.4 is 16.0 Å². The normalized spacial score (nSPS) is 13.6. The lowest BCUT2D eigenvalue weighted by atomic mass is 9.87. The Morgan fingerprint density at radius 2 is 1.90 bits per heavy atom. The van der Waals surface area contributed by atoms with Gasteiger partial charge in [-0.3, -0.25) is 16.2 Å². The zero-order valence-corrected chi connectivity index (χ0v) is 13.4. The molecule has 1 rings (SSSR count). The maximum atomic E-state index is 5.84. The molecule has 0 bridgehead atoms. The highest BCUT2D eigenvalue weighted by molar-refractivity contribution is 5.32. The van der Waals surface area contributed by atoms with Gasteiger partial charge in [-0.25, -0.2) is 0 Å². The van der Waals surface area contributed by atoms with Crippen LogP contribution in [-0.2, 0) is 0 Å². The van der Waals surface area contributed by atoms with Crippen molar-refractivity contribution in [2.75, 3.05) is 19.7 Å². The van der Waals surface area contributed by atoms with Crippen molar-refractivity contribution >= 4 is 0 Å². The molecule has 0 heterocycles. The van der Waals surface area contributed by atoms with Crippen LogP contribution in [0, 0.1) is 0 Å². The second-order valence-corrected chi connectivity index (χ2v) is 5.43. The summed E-state index contributed by atoms with van der Waals surface area (Å²) in [5, 5.41) is 0. The number of benzene rings is 1. The molecular weight excluding hydrogens is 250 g/mol. The van der Waals surface area contributed by atoms with E-state index in [2.05, 4.69) is 50.2 Å². The number of nitrogens with two attached hydrogens (primary N) is 1. The molecule has 3 N–H and O–H groups in total. The lowest BCUT2D eigenvalue weighted by Crippen LogP contribution is -2.54. The lowest BCUT2D eigenvalue weighted by molar-refractivity contribution is 0.0911. The summed E-state index contributed by atoms with van der Waals surface area (Å²) in [6.07, 6.45) is 0. The third-order valence-electron chi connectivity index (χ3n) is 3.95. The Bertz CT molecular complexity index is 402. The number of nitrogens with zero attached hydrogens (tertiary/aromatic N) is 1. The van der Waals surface area contributed by atoms with E-state index in [1.54, 1.807) is 0 Å². The molecule has 0 spiro atoms. The van der Waals surface area contributed by atoms with E-state index in [9.17, 15) is 0 Å². The summed E-state index contributed by atoms with van der Waals surface area (Å²) in [7, 11) is 0. The molecule has 0 saturated heterocycles. The van der Waals surface area contributed by atoms with Gasteiger partial charge >= 0.3 is 0 Å². The van der Waals surface area contributed by atoms with E-state index < -0.39 is 0 Å². The fourth-order valence-electron chi connectivity index (χ4n) is 2.88. The van der Waals surface area contributed by atoms with Gasteiger partial charge in [0.1, 0.15) is 5.75 Å². The van der Waals surface area contributed by atoms with Crippen LogP contribution in [0.2, 0.25) is 0 Å². The summed E-state index contributed by atoms with van der Waals surface area (Å²) in [6, 6.07) is 8.20. The van der Waals surface area contributed by atoms with E-state index in [4.69, 9.17) is 10.6 Å². The number of rotatable bonds is 8. The molecule has 0 fully saturated rings. The average molecular weight is 279 g/mol. The molecule has 4 heteroatoms. The highest BCUT2D eigenvalue weighted by Crippen LogP contribution is 2.31. The number of hydrazine groups is 1. The molecule has 1 aromatic rings. The summed E-state index contributed by atoms with van der Waals surface area (Å²) >= 11 is 0. The largest absolute Gasteiger partial charge is 0.494 e. The van der Waals surface area contributed by atoms with Crippen molar-refractivity contribution in [1.29, 1.82) is 0 Å². The first kappa shape index (κ1) is 17.0. The summed E-state index contributed by atoms with van der Waals surface area (Å²) in [4.78, 5) is 2.41. The second kappa shape index (κ2) is 7.62. The van der Waals surface area contributed by atoms with Crippen LogP contribution in [0.15, 0.2) is 24.3 Å². The first-order valence-electron chi connectivity index (χ1n) is 7.45. The Morgan fingerprint density at radius 3 is 2.40 bits per heavy atom. The maximum Gasteiger partial charge on any atom is 0.119 e. The van der Waals surface area contributed by atoms with Crippen LogP contribution in [-0.4, -0.2) is 30.1 Å². The summed E-state index contributed by atoms with van der Waals surface area (Å²) < 4.78 is 5.58. The van der Waals surface area contributed by atoms with Gasteiger partial charge in [-0.1, -0.05) is 26.0 Å². The fourth-order valence-corrected chi connectivity index (χ4v) is 2.88. The van der Waals surface area contributed by atoms with E-state index in [0.717, 1.165) is 24.4 Å². The smallest absolute Gasteiger partial charge is 0.119 e. The third kappa shape index (κ3) is 3.72. The molecule has 4 nitrogen and oxygen atoms in total. The number of nitrogens with one attached hydrogen (secondary N) is 1. The van der Waals surface area contributed by atoms with Crippen molar-refractivity contribution in [2.24, 2.45) is 5.84 Å². The van der Waals surface area contributed by atoms with E-state index in [1.807, 2.05) is 19.1 Å². The zero-order chi connectivity index (χ0) is 15.2. The van der Waals surface area contributed by atoms with Gasteiger partial charge in [0.05, 0.1) is 12.6 Å². The van der Waals surface area contributed by atoms with Crippen LogP contribution in [0.4, 0.5) is 0 Å². The van der Waals surface area contributed by atoms with E-state index >= 15 is 0 Å². The molecule has 1 unspecified atom stereocenters. The monoisotopic (exact) mass is 279 g/mol. The quantitative estimate of drug-likeness (QED) is 0.567. The molecule has 0 saturated carbocycles. The minimum Gasteiger partial charge on any atom is -0.494 e. The van der Waals surface area contributed by atoms with Crippen LogP contribution in [0.25, 0.3) is 0 Å². The molecule has 1 atom stereocenters. The van der Waals surface area contributed by atoms with Crippen LogP contribution in [0.5, 0.6) is 5.75 Å². The lowest BCUT2D eigenvalue weighted by Gasteiger charge is -2.43. The molecule has 0 aliphatic heterocycles. The van der Waals surface area contributed by atoms with Gasteiger partial charge < -0.3 is 4.74 Å². The molecule has 0 aliphatic rings. The molecule has 0 aliphatic carbocycles. The van der Waals surface area contributed by atoms with Crippen LogP contribution >= 0.6 is 0 Å². The predicted molar refractivity (Wildman–Crippen MR) is 84.7 cm³/mol. The minimum atomic E-state index is -0.0803. The highest BCUT2D eigenvalue weighted by atomic mass is 16.5. The Hall–Kier alpha value is -1.10. The van der Waals surface area contributed by atoms with Gasteiger partial charge in [0.2, 0.25) is 0 Å². The Labute approximate surface area is 123 Å². The van der Waals surface area contributed by atoms with Crippen molar-refractivity contribution in [3.8, 4) is 5.75 Å². The highest BCUT2D eigenvalue weighted by Gasteiger charge is 2.34. The SMILES string of the molecule is CCOc1cccc(C(NN)C(C)(C)N(CC)CC)c1. The topological polar surface area (TPSA) is 50.5 Å². The minimum absolute atomic E-state index is 0.0443. The van der Waals surface area contributed by atoms with Gasteiger partial charge in [0.25, 0.3) is 0 Å². The summed E-state index contributed by atoms with van der Waals surface area (Å²) in [5.41, 5.74) is 4.05. The van der Waals surface area contributed by atoms with Crippen LogP contribution in [0.1, 0.15) is 46.2 Å². The predicted octanol–water partition coefficient (Wildman–Crippen LogP) is 2.71. The standard InChI is InChI=1S/C16H29N3O/c1-6-19(7-2)16(4,5)15(18-17)13-10-9-11-14(12-13)20-8-3/h9-12,15,18H,6-8,17H2,1-5H3. The molecule has 114 valence electrons. The summed E-state index contributed by atoms with van der Waals surface area (Å²) in [6.45, 7) is 13.4. The van der Waals surface area contributed by atoms with Crippen molar-refractivity contribution in [2.45, 2.75) is 46.2 Å². The molecule has 0 radical (unpaired) electrons. The van der Waals surface area contributed by atoms with E-state index in [-0.39, 0.29) is 11.6 Å². The van der Waals surface area contributed by atoms with E-state index in [1.165, 1.54) is 0 Å². The number of ether oxygens (including phenoxy) is 1. The second-order valence-electron chi connectivity index (χ2n) is 5.43. The molecule has 1 aromatic carbocycles. The van der Waals surface area contributed by atoms with E-state index in [0.29, 0.717) is 6.61 Å². The zero-order valence-electron chi connectivity index (χ0n) is 13.4. The van der Waals surface area contributed by atoms with Crippen molar-refractivity contribution < 1.29 is 4.74 Å². The number of hydrogen-bond acceptors (Lipinski definition) is 4. The number of likely N-dealkylation sites (N-methyl/N-ethyl adjacent to an activating group) is 1. The first-order valence-corrected chi connectivity index (χ1v) is 7.45. The van der Waals surface area contributed by atoms with Gasteiger partial charge in [-0.2, -0.15) is 0 Å². The number of hydrogen-bond donors (Lipinski definition) is 2. The van der Waals surface area contributed by atoms with Gasteiger partial charge in [0.15, 0.2) is 0 Å². The Kier molecular flexibility index (Phi) is 6.46. The molecule has 20 heavy (non-hydrogen) atoms. The van der Waals surface area contributed by atoms with Gasteiger partial charge in [-0.15, -0.1) is 0 Å². The van der Waals surface area contributed by atoms with Crippen molar-refractivity contribution in [1.82, 2.24) is 10.3 Å². The fraction of sp³-hybridized carbons (Fsp3) is 0.625. The third-order valence-corrected chi connectivity index (χ3v) is 3.95. The van der Waals surface area contributed by atoms with Crippen molar-refractivity contribution in [3.05, 3.63) is 29.8 Å². The molecular formula is C16H29N3O. The van der Waals surface area contributed by atoms with Crippen LogP contribution in [0.3, 0.4) is 0 Å². The molecule has 0 amide bonds.